The van der Waals surface area contributed by atoms with E-state index in [-0.39, 0.29) is 5.91 Å². The molecule has 3 aromatic rings. The number of thioether (sulfide) groups is 1. The van der Waals surface area contributed by atoms with Gasteiger partial charge in [-0.05, 0) is 25.1 Å². The van der Waals surface area contributed by atoms with Crippen LogP contribution in [0.4, 0.5) is 0 Å². The SMILES string of the molecule is Cc1ccc(-n2nc(C(=O)N3CCOCC3)c3c2-c2ccccc2SC3)cc1. The maximum absolute atomic E-state index is 13.3. The quantitative estimate of drug-likeness (QED) is 0.664. The van der Waals surface area contributed by atoms with Crippen LogP contribution in [0.3, 0.4) is 0 Å². The molecule has 2 aliphatic rings. The fourth-order valence-corrected chi connectivity index (χ4v) is 4.83. The molecule has 0 saturated carbocycles. The summed E-state index contributed by atoms with van der Waals surface area (Å²) in [7, 11) is 0. The fourth-order valence-electron chi connectivity index (χ4n) is 3.76. The molecular weight excluding hydrogens is 370 g/mol. The monoisotopic (exact) mass is 391 g/mol. The first-order valence-electron chi connectivity index (χ1n) is 9.50. The topological polar surface area (TPSA) is 47.4 Å². The molecule has 6 heteroatoms. The van der Waals surface area contributed by atoms with E-state index in [0.717, 1.165) is 28.3 Å². The van der Waals surface area contributed by atoms with Gasteiger partial charge in [-0.3, -0.25) is 4.79 Å². The van der Waals surface area contributed by atoms with Crippen molar-refractivity contribution in [2.75, 3.05) is 26.3 Å². The molecule has 5 nitrogen and oxygen atoms in total. The summed E-state index contributed by atoms with van der Waals surface area (Å²) >= 11 is 1.77. The minimum Gasteiger partial charge on any atom is -0.378 e. The first-order chi connectivity index (χ1) is 13.7. The molecule has 1 fully saturated rings. The highest BCUT2D eigenvalue weighted by atomic mass is 32.2. The average Bonchev–Trinajstić information content (AvgIpc) is 3.14. The van der Waals surface area contributed by atoms with Crippen molar-refractivity contribution in [3.63, 3.8) is 0 Å². The number of benzene rings is 2. The molecule has 1 amide bonds. The summed E-state index contributed by atoms with van der Waals surface area (Å²) in [5.74, 6) is 0.759. The molecule has 0 radical (unpaired) electrons. The second-order valence-electron chi connectivity index (χ2n) is 7.11. The van der Waals surface area contributed by atoms with E-state index in [0.29, 0.717) is 32.0 Å². The number of carbonyl (C=O) groups excluding carboxylic acids is 1. The zero-order valence-corrected chi connectivity index (χ0v) is 16.5. The number of carbonyl (C=O) groups is 1. The Balaban J connectivity index is 1.68. The number of hydrogen-bond donors (Lipinski definition) is 0. The third-order valence-corrected chi connectivity index (χ3v) is 6.38. The van der Waals surface area contributed by atoms with Crippen molar-refractivity contribution >= 4 is 17.7 Å². The highest BCUT2D eigenvalue weighted by Crippen LogP contribution is 2.43. The second kappa shape index (κ2) is 7.11. The van der Waals surface area contributed by atoms with Crippen LogP contribution >= 0.6 is 11.8 Å². The van der Waals surface area contributed by atoms with E-state index in [1.807, 2.05) is 15.6 Å². The average molecular weight is 391 g/mol. The van der Waals surface area contributed by atoms with Gasteiger partial charge in [0.1, 0.15) is 0 Å². The van der Waals surface area contributed by atoms with Gasteiger partial charge in [-0.25, -0.2) is 4.68 Å². The van der Waals surface area contributed by atoms with Crippen LogP contribution in [-0.4, -0.2) is 46.9 Å². The fraction of sp³-hybridized carbons (Fsp3) is 0.273. The number of ether oxygens (including phenoxy) is 1. The number of hydrogen-bond acceptors (Lipinski definition) is 4. The van der Waals surface area contributed by atoms with E-state index in [1.165, 1.54) is 10.5 Å². The smallest absolute Gasteiger partial charge is 0.274 e. The standard InChI is InChI=1S/C22H21N3O2S/c1-15-6-8-16(9-7-15)25-21-17-4-2-3-5-19(17)28-14-18(21)20(23-25)22(26)24-10-12-27-13-11-24/h2-9H,10-14H2,1H3. The summed E-state index contributed by atoms with van der Waals surface area (Å²) in [6, 6.07) is 16.7. The molecule has 0 unspecified atom stereocenters. The zero-order chi connectivity index (χ0) is 19.1. The Hall–Kier alpha value is -2.57. The van der Waals surface area contributed by atoms with E-state index < -0.39 is 0 Å². The minimum atomic E-state index is 0.00499. The van der Waals surface area contributed by atoms with Gasteiger partial charge in [-0.1, -0.05) is 35.9 Å². The number of morpholine rings is 1. The molecule has 28 heavy (non-hydrogen) atoms. The van der Waals surface area contributed by atoms with Crippen LogP contribution in [0.15, 0.2) is 53.4 Å². The van der Waals surface area contributed by atoms with Gasteiger partial charge in [0.25, 0.3) is 5.91 Å². The molecule has 0 spiro atoms. The molecule has 2 aliphatic heterocycles. The second-order valence-corrected chi connectivity index (χ2v) is 8.13. The van der Waals surface area contributed by atoms with Crippen molar-refractivity contribution in [3.05, 3.63) is 65.4 Å². The summed E-state index contributed by atoms with van der Waals surface area (Å²) in [6.07, 6.45) is 0. The molecule has 142 valence electrons. The van der Waals surface area contributed by atoms with Gasteiger partial charge in [0.15, 0.2) is 5.69 Å². The van der Waals surface area contributed by atoms with Crippen molar-refractivity contribution in [1.82, 2.24) is 14.7 Å². The number of nitrogens with zero attached hydrogens (tertiary/aromatic N) is 3. The third kappa shape index (κ3) is 2.93. The lowest BCUT2D eigenvalue weighted by molar-refractivity contribution is 0.0298. The summed E-state index contributed by atoms with van der Waals surface area (Å²) in [6.45, 7) is 4.49. The van der Waals surface area contributed by atoms with Crippen molar-refractivity contribution in [1.29, 1.82) is 0 Å². The molecule has 0 aliphatic carbocycles. The summed E-state index contributed by atoms with van der Waals surface area (Å²) < 4.78 is 7.35. The molecule has 0 atom stereocenters. The van der Waals surface area contributed by atoms with E-state index >= 15 is 0 Å². The van der Waals surface area contributed by atoms with Crippen LogP contribution in [0, 0.1) is 6.92 Å². The Morgan fingerprint density at radius 1 is 1.07 bits per heavy atom. The van der Waals surface area contributed by atoms with Crippen LogP contribution in [0.5, 0.6) is 0 Å². The normalized spacial score (nSPS) is 15.8. The molecule has 5 rings (SSSR count). The van der Waals surface area contributed by atoms with Crippen molar-refractivity contribution in [2.45, 2.75) is 17.6 Å². The Labute approximate surface area is 168 Å². The lowest BCUT2D eigenvalue weighted by atomic mass is 10.0. The molecule has 0 N–H and O–H groups in total. The molecule has 0 bridgehead atoms. The van der Waals surface area contributed by atoms with Crippen LogP contribution in [-0.2, 0) is 10.5 Å². The number of aryl methyl sites for hydroxylation is 1. The van der Waals surface area contributed by atoms with Crippen molar-refractivity contribution in [3.8, 4) is 16.9 Å². The van der Waals surface area contributed by atoms with Gasteiger partial charge in [0.2, 0.25) is 0 Å². The molecule has 1 saturated heterocycles. The van der Waals surface area contributed by atoms with Crippen molar-refractivity contribution in [2.24, 2.45) is 0 Å². The first kappa shape index (κ1) is 17.5. The van der Waals surface area contributed by atoms with E-state index in [4.69, 9.17) is 9.84 Å². The van der Waals surface area contributed by atoms with Crippen LogP contribution in [0.1, 0.15) is 21.6 Å². The number of amides is 1. The summed E-state index contributed by atoms with van der Waals surface area (Å²) in [5, 5.41) is 4.84. The Morgan fingerprint density at radius 3 is 2.61 bits per heavy atom. The van der Waals surface area contributed by atoms with Gasteiger partial charge in [0, 0.05) is 34.9 Å². The van der Waals surface area contributed by atoms with Gasteiger partial charge >= 0.3 is 0 Å². The Bertz CT molecular complexity index is 1040. The third-order valence-electron chi connectivity index (χ3n) is 5.28. The van der Waals surface area contributed by atoms with Crippen molar-refractivity contribution < 1.29 is 9.53 Å². The summed E-state index contributed by atoms with van der Waals surface area (Å²) in [5.41, 5.74) is 5.95. The number of rotatable bonds is 2. The number of fused-ring (bicyclic) bond motifs is 3. The largest absolute Gasteiger partial charge is 0.378 e. The Kier molecular flexibility index (Phi) is 4.45. The first-order valence-corrected chi connectivity index (χ1v) is 10.5. The number of aromatic nitrogens is 2. The van der Waals surface area contributed by atoms with Gasteiger partial charge in [-0.2, -0.15) is 5.10 Å². The van der Waals surface area contributed by atoms with Crippen LogP contribution in [0.2, 0.25) is 0 Å². The Morgan fingerprint density at radius 2 is 1.82 bits per heavy atom. The van der Waals surface area contributed by atoms with E-state index in [9.17, 15) is 4.79 Å². The lowest BCUT2D eigenvalue weighted by Gasteiger charge is -2.26. The molecule has 1 aromatic heterocycles. The van der Waals surface area contributed by atoms with Gasteiger partial charge < -0.3 is 9.64 Å². The minimum absolute atomic E-state index is 0.00499. The maximum atomic E-state index is 13.3. The highest BCUT2D eigenvalue weighted by Gasteiger charge is 2.31. The van der Waals surface area contributed by atoms with Gasteiger partial charge in [-0.15, -0.1) is 11.8 Å². The van der Waals surface area contributed by atoms with Gasteiger partial charge in [0.05, 0.1) is 24.6 Å². The van der Waals surface area contributed by atoms with Crippen LogP contribution in [0.25, 0.3) is 16.9 Å². The summed E-state index contributed by atoms with van der Waals surface area (Å²) in [4.78, 5) is 16.4. The lowest BCUT2D eigenvalue weighted by Crippen LogP contribution is -2.41. The predicted molar refractivity (Wildman–Crippen MR) is 110 cm³/mol. The highest BCUT2D eigenvalue weighted by molar-refractivity contribution is 7.98. The zero-order valence-electron chi connectivity index (χ0n) is 15.7. The molecular formula is C22H21N3O2S. The maximum Gasteiger partial charge on any atom is 0.274 e. The van der Waals surface area contributed by atoms with Crippen LogP contribution < -0.4 is 0 Å². The molecule has 3 heterocycles. The predicted octanol–water partition coefficient (Wildman–Crippen LogP) is 3.93. The van der Waals surface area contributed by atoms with E-state index in [1.54, 1.807) is 11.8 Å². The van der Waals surface area contributed by atoms with E-state index in [2.05, 4.69) is 49.4 Å². The molecule has 2 aromatic carbocycles.